The summed E-state index contributed by atoms with van der Waals surface area (Å²) in [6.07, 6.45) is 1.72. The first-order chi connectivity index (χ1) is 9.60. The van der Waals surface area contributed by atoms with E-state index in [1.54, 1.807) is 12.3 Å². The van der Waals surface area contributed by atoms with Gasteiger partial charge < -0.3 is 5.11 Å². The van der Waals surface area contributed by atoms with Gasteiger partial charge in [0.05, 0.1) is 0 Å². The van der Waals surface area contributed by atoms with Crippen molar-refractivity contribution < 1.29 is 9.90 Å². The van der Waals surface area contributed by atoms with E-state index in [1.165, 1.54) is 11.3 Å². The van der Waals surface area contributed by atoms with Gasteiger partial charge >= 0.3 is 0 Å². The molecule has 2 rings (SSSR count). The molecule has 0 aliphatic heterocycles. The van der Waals surface area contributed by atoms with Crippen LogP contribution in [0.25, 0.3) is 0 Å². The standard InChI is InChI=1S/C15H14N2O2S/c1-10-5-6-12(4-3-7-18)8-13(10)14(19)17-15-16-9-11(2)20-15/h5-6,8-9,18H,7H2,1-2H3,(H,16,17,19). The zero-order valence-corrected chi connectivity index (χ0v) is 12.0. The fourth-order valence-electron chi connectivity index (χ4n) is 1.66. The molecule has 0 aliphatic carbocycles. The molecule has 0 atom stereocenters. The normalized spacial score (nSPS) is 9.75. The third-order valence-electron chi connectivity index (χ3n) is 2.64. The number of nitrogens with one attached hydrogen (secondary N) is 1. The molecule has 4 nitrogen and oxygen atoms in total. The molecule has 1 aromatic heterocycles. The summed E-state index contributed by atoms with van der Waals surface area (Å²) >= 11 is 1.43. The molecule has 1 heterocycles. The second-order valence-electron chi connectivity index (χ2n) is 4.22. The monoisotopic (exact) mass is 286 g/mol. The lowest BCUT2D eigenvalue weighted by Crippen LogP contribution is -2.13. The molecular weight excluding hydrogens is 272 g/mol. The minimum atomic E-state index is -0.204. The Balaban J connectivity index is 2.24. The highest BCUT2D eigenvalue weighted by Crippen LogP contribution is 2.19. The number of carbonyl (C=O) groups is 1. The van der Waals surface area contributed by atoms with Crippen LogP contribution in [0.4, 0.5) is 5.13 Å². The number of benzene rings is 1. The predicted molar refractivity (Wildman–Crippen MR) is 79.9 cm³/mol. The van der Waals surface area contributed by atoms with Crippen LogP contribution in [0.2, 0.25) is 0 Å². The van der Waals surface area contributed by atoms with E-state index in [-0.39, 0.29) is 12.5 Å². The molecular formula is C15H14N2O2S. The largest absolute Gasteiger partial charge is 0.384 e. The number of aliphatic hydroxyl groups excluding tert-OH is 1. The van der Waals surface area contributed by atoms with Crippen molar-refractivity contribution in [2.75, 3.05) is 11.9 Å². The molecule has 5 heteroatoms. The van der Waals surface area contributed by atoms with E-state index < -0.39 is 0 Å². The van der Waals surface area contributed by atoms with Crippen LogP contribution < -0.4 is 5.32 Å². The van der Waals surface area contributed by atoms with E-state index in [0.29, 0.717) is 16.3 Å². The van der Waals surface area contributed by atoms with Gasteiger partial charge in [-0.2, -0.15) is 0 Å². The van der Waals surface area contributed by atoms with E-state index in [4.69, 9.17) is 5.11 Å². The lowest BCUT2D eigenvalue weighted by Gasteiger charge is -2.06. The number of hydrogen-bond donors (Lipinski definition) is 2. The molecule has 2 aromatic rings. The van der Waals surface area contributed by atoms with Crippen molar-refractivity contribution in [3.8, 4) is 11.8 Å². The molecule has 2 N–H and O–H groups in total. The minimum Gasteiger partial charge on any atom is -0.384 e. The molecule has 0 fully saturated rings. The van der Waals surface area contributed by atoms with Crippen molar-refractivity contribution in [2.24, 2.45) is 0 Å². The lowest BCUT2D eigenvalue weighted by atomic mass is 10.0. The summed E-state index contributed by atoms with van der Waals surface area (Å²) in [6, 6.07) is 5.37. The number of thiazole rings is 1. The Morgan fingerprint density at radius 3 is 2.90 bits per heavy atom. The maximum absolute atomic E-state index is 12.2. The van der Waals surface area contributed by atoms with Crippen LogP contribution in [0.1, 0.15) is 26.4 Å². The number of rotatable bonds is 2. The van der Waals surface area contributed by atoms with Crippen LogP contribution in [-0.4, -0.2) is 22.6 Å². The highest BCUT2D eigenvalue weighted by molar-refractivity contribution is 7.15. The first-order valence-corrected chi connectivity index (χ1v) is 6.86. The van der Waals surface area contributed by atoms with Crippen molar-refractivity contribution >= 4 is 22.4 Å². The quantitative estimate of drug-likeness (QED) is 0.833. The van der Waals surface area contributed by atoms with Gasteiger partial charge in [-0.15, -0.1) is 11.3 Å². The molecule has 0 aliphatic rings. The number of hydrogen-bond acceptors (Lipinski definition) is 4. The van der Waals surface area contributed by atoms with Crippen molar-refractivity contribution in [3.63, 3.8) is 0 Å². The minimum absolute atomic E-state index is 0.201. The van der Waals surface area contributed by atoms with Gasteiger partial charge in [0.15, 0.2) is 5.13 Å². The second kappa shape index (κ2) is 6.33. The van der Waals surface area contributed by atoms with E-state index in [1.807, 2.05) is 26.0 Å². The predicted octanol–water partition coefficient (Wildman–Crippen LogP) is 2.36. The highest BCUT2D eigenvalue weighted by atomic mass is 32.1. The van der Waals surface area contributed by atoms with Gasteiger partial charge in [-0.3, -0.25) is 10.1 Å². The third kappa shape index (κ3) is 3.44. The van der Waals surface area contributed by atoms with Gasteiger partial charge in [-0.05, 0) is 31.5 Å². The molecule has 1 amide bonds. The summed E-state index contributed by atoms with van der Waals surface area (Å²) in [4.78, 5) is 17.4. The van der Waals surface area contributed by atoms with Gasteiger partial charge in [0, 0.05) is 22.2 Å². The molecule has 0 saturated carbocycles. The number of carbonyl (C=O) groups excluding carboxylic acids is 1. The Bertz CT molecular complexity index is 695. The maximum atomic E-state index is 12.2. The number of anilines is 1. The number of aromatic nitrogens is 1. The average Bonchev–Trinajstić information content (AvgIpc) is 2.83. The molecule has 102 valence electrons. The third-order valence-corrected chi connectivity index (χ3v) is 3.46. The van der Waals surface area contributed by atoms with Gasteiger partial charge in [0.1, 0.15) is 6.61 Å². The Hall–Kier alpha value is -2.16. The first kappa shape index (κ1) is 14.3. The van der Waals surface area contributed by atoms with E-state index in [2.05, 4.69) is 22.1 Å². The molecule has 0 unspecified atom stereocenters. The zero-order valence-electron chi connectivity index (χ0n) is 11.2. The van der Waals surface area contributed by atoms with E-state index >= 15 is 0 Å². The highest BCUT2D eigenvalue weighted by Gasteiger charge is 2.11. The summed E-state index contributed by atoms with van der Waals surface area (Å²) in [6.45, 7) is 3.60. The Kier molecular flexibility index (Phi) is 4.51. The van der Waals surface area contributed by atoms with Crippen LogP contribution in [-0.2, 0) is 0 Å². The van der Waals surface area contributed by atoms with Crippen LogP contribution >= 0.6 is 11.3 Å². The first-order valence-electron chi connectivity index (χ1n) is 6.04. The summed E-state index contributed by atoms with van der Waals surface area (Å²) < 4.78 is 0. The number of amides is 1. The van der Waals surface area contributed by atoms with E-state index in [9.17, 15) is 4.79 Å². The Morgan fingerprint density at radius 2 is 2.25 bits per heavy atom. The summed E-state index contributed by atoms with van der Waals surface area (Å²) in [5.74, 6) is 5.15. The molecule has 20 heavy (non-hydrogen) atoms. The van der Waals surface area contributed by atoms with Crippen LogP contribution in [0.5, 0.6) is 0 Å². The summed E-state index contributed by atoms with van der Waals surface area (Å²) in [5.41, 5.74) is 2.12. The number of aryl methyl sites for hydroxylation is 2. The lowest BCUT2D eigenvalue weighted by molar-refractivity contribution is 0.102. The zero-order chi connectivity index (χ0) is 14.5. The van der Waals surface area contributed by atoms with Crippen LogP contribution in [0.3, 0.4) is 0 Å². The fourth-order valence-corrected chi connectivity index (χ4v) is 2.32. The van der Waals surface area contributed by atoms with Crippen molar-refractivity contribution in [3.05, 3.63) is 46.0 Å². The van der Waals surface area contributed by atoms with Crippen molar-refractivity contribution in [2.45, 2.75) is 13.8 Å². The average molecular weight is 286 g/mol. The molecule has 0 saturated heterocycles. The number of aliphatic hydroxyl groups is 1. The molecule has 1 aromatic carbocycles. The van der Waals surface area contributed by atoms with Gasteiger partial charge in [-0.1, -0.05) is 17.9 Å². The summed E-state index contributed by atoms with van der Waals surface area (Å²) in [7, 11) is 0. The van der Waals surface area contributed by atoms with Crippen molar-refractivity contribution in [1.82, 2.24) is 4.98 Å². The van der Waals surface area contributed by atoms with Crippen LogP contribution in [0, 0.1) is 25.7 Å². The molecule has 0 radical (unpaired) electrons. The van der Waals surface area contributed by atoms with Gasteiger partial charge in [0.25, 0.3) is 5.91 Å². The van der Waals surface area contributed by atoms with Gasteiger partial charge in [0.2, 0.25) is 0 Å². The number of nitrogens with zero attached hydrogens (tertiary/aromatic N) is 1. The molecule has 0 bridgehead atoms. The molecule has 0 spiro atoms. The Labute approximate surface area is 121 Å². The fraction of sp³-hybridized carbons (Fsp3) is 0.200. The second-order valence-corrected chi connectivity index (χ2v) is 5.45. The smallest absolute Gasteiger partial charge is 0.257 e. The van der Waals surface area contributed by atoms with Crippen LogP contribution in [0.15, 0.2) is 24.4 Å². The summed E-state index contributed by atoms with van der Waals surface area (Å²) in [5, 5.41) is 12.1. The topological polar surface area (TPSA) is 62.2 Å². The Morgan fingerprint density at radius 1 is 1.45 bits per heavy atom. The SMILES string of the molecule is Cc1cnc(NC(=O)c2cc(C#CCO)ccc2C)s1. The van der Waals surface area contributed by atoms with Gasteiger partial charge in [-0.25, -0.2) is 4.98 Å². The van der Waals surface area contributed by atoms with Crippen molar-refractivity contribution in [1.29, 1.82) is 0 Å². The maximum Gasteiger partial charge on any atom is 0.257 e. The van der Waals surface area contributed by atoms with E-state index in [0.717, 1.165) is 10.4 Å².